The maximum Gasteiger partial charge on any atom is 0.165 e. The maximum absolute atomic E-state index is 14.2. The summed E-state index contributed by atoms with van der Waals surface area (Å²) >= 11 is 4.48. The van der Waals surface area contributed by atoms with Gasteiger partial charge in [0.05, 0.1) is 0 Å². The lowest BCUT2D eigenvalue weighted by molar-refractivity contribution is 0.361. The molecule has 0 amide bonds. The number of allylic oxidation sites excluding steroid dienone is 2. The fraction of sp³-hybridized carbons (Fsp3) is 0.316. The Labute approximate surface area is 159 Å². The van der Waals surface area contributed by atoms with Crippen LogP contribution >= 0.6 is 12.6 Å². The fourth-order valence-electron chi connectivity index (χ4n) is 3.80. The number of hydrogen-bond acceptors (Lipinski definition) is 4. The van der Waals surface area contributed by atoms with Crippen molar-refractivity contribution in [2.24, 2.45) is 0 Å². The highest BCUT2D eigenvalue weighted by molar-refractivity contribution is 7.80. The van der Waals surface area contributed by atoms with Crippen LogP contribution < -0.4 is 5.32 Å². The average Bonchev–Trinajstić information content (AvgIpc) is 3.20. The van der Waals surface area contributed by atoms with E-state index in [0.29, 0.717) is 12.8 Å². The lowest BCUT2D eigenvalue weighted by Gasteiger charge is -2.21. The van der Waals surface area contributed by atoms with Crippen molar-refractivity contribution in [2.45, 2.75) is 30.7 Å². The standard InChI is InChI=1S/C19H17F4N3S/c20-12-8-13(21)18(23)16(17(12)22)11-7-15-14(25-19(27)26(15)9-11)2-1-10-3-5-24-6-4-10/h3-6,8,11,19,25,27H,1-2,7,9H2/t11-,19?/m0/s1. The zero-order chi connectivity index (χ0) is 19.1. The molecule has 0 aliphatic carbocycles. The van der Waals surface area contributed by atoms with Crippen LogP contribution in [0.4, 0.5) is 17.6 Å². The number of halogens is 4. The molecule has 1 aromatic carbocycles. The quantitative estimate of drug-likeness (QED) is 0.464. The molecule has 3 nitrogen and oxygen atoms in total. The number of thiol groups is 1. The molecule has 1 unspecified atom stereocenters. The van der Waals surface area contributed by atoms with Crippen molar-refractivity contribution in [2.75, 3.05) is 6.54 Å². The molecule has 2 aromatic rings. The van der Waals surface area contributed by atoms with E-state index in [1.807, 2.05) is 17.0 Å². The van der Waals surface area contributed by atoms with Crippen LogP contribution in [0.25, 0.3) is 0 Å². The SMILES string of the molecule is Fc1cc(F)c(F)c([C@H]2CC3=C(CCc4ccncc4)NC(S)N3C2)c1F. The van der Waals surface area contributed by atoms with E-state index in [4.69, 9.17) is 0 Å². The van der Waals surface area contributed by atoms with Crippen LogP contribution in [0.15, 0.2) is 42.0 Å². The first kappa shape index (κ1) is 18.2. The molecule has 27 heavy (non-hydrogen) atoms. The third-order valence-corrected chi connectivity index (χ3v) is 5.53. The molecular weight excluding hydrogens is 378 g/mol. The van der Waals surface area contributed by atoms with Crippen LogP contribution in [0.1, 0.15) is 29.9 Å². The largest absolute Gasteiger partial charge is 0.359 e. The summed E-state index contributed by atoms with van der Waals surface area (Å²) in [4.78, 5) is 5.87. The van der Waals surface area contributed by atoms with E-state index in [-0.39, 0.29) is 18.1 Å². The number of rotatable bonds is 4. The molecule has 1 aromatic heterocycles. The third-order valence-electron chi connectivity index (χ3n) is 5.12. The molecule has 8 heteroatoms. The van der Waals surface area contributed by atoms with E-state index in [1.54, 1.807) is 12.4 Å². The van der Waals surface area contributed by atoms with Crippen molar-refractivity contribution in [3.8, 4) is 0 Å². The summed E-state index contributed by atoms with van der Waals surface area (Å²) in [5, 5.41) is 3.27. The number of aromatic nitrogens is 1. The van der Waals surface area contributed by atoms with Gasteiger partial charge < -0.3 is 10.2 Å². The zero-order valence-electron chi connectivity index (χ0n) is 14.2. The van der Waals surface area contributed by atoms with Crippen LogP contribution in [-0.2, 0) is 6.42 Å². The van der Waals surface area contributed by atoms with Crippen LogP contribution in [0.5, 0.6) is 0 Å². The minimum absolute atomic E-state index is 0.242. The zero-order valence-corrected chi connectivity index (χ0v) is 15.1. The smallest absolute Gasteiger partial charge is 0.165 e. The minimum Gasteiger partial charge on any atom is -0.359 e. The molecule has 1 saturated heterocycles. The van der Waals surface area contributed by atoms with Gasteiger partial charge in [0.25, 0.3) is 0 Å². The third kappa shape index (κ3) is 3.26. The molecule has 0 saturated carbocycles. The van der Waals surface area contributed by atoms with E-state index < -0.39 is 34.8 Å². The Morgan fingerprint density at radius 3 is 2.41 bits per heavy atom. The first-order valence-corrected chi connectivity index (χ1v) is 9.12. The molecule has 2 atom stereocenters. The average molecular weight is 395 g/mol. The number of aryl methyl sites for hydroxylation is 1. The highest BCUT2D eigenvalue weighted by Crippen LogP contribution is 2.43. The van der Waals surface area contributed by atoms with E-state index in [1.165, 1.54) is 0 Å². The second kappa shape index (κ2) is 7.07. The van der Waals surface area contributed by atoms with Gasteiger partial charge in [-0.1, -0.05) is 0 Å². The summed E-state index contributed by atoms with van der Waals surface area (Å²) in [5.41, 5.74) is 2.09. The number of nitrogens with zero attached hydrogens (tertiary/aromatic N) is 2. The monoisotopic (exact) mass is 395 g/mol. The predicted octanol–water partition coefficient (Wildman–Crippen LogP) is 4.09. The topological polar surface area (TPSA) is 28.2 Å². The summed E-state index contributed by atoms with van der Waals surface area (Å²) in [6.07, 6.45) is 5.20. The summed E-state index contributed by atoms with van der Waals surface area (Å²) in [6.45, 7) is 0.242. The highest BCUT2D eigenvalue weighted by atomic mass is 32.1. The predicted molar refractivity (Wildman–Crippen MR) is 95.8 cm³/mol. The Morgan fingerprint density at radius 2 is 1.74 bits per heavy atom. The molecular formula is C19H17F4N3S. The van der Waals surface area contributed by atoms with Crippen molar-refractivity contribution in [1.82, 2.24) is 15.2 Å². The molecule has 2 aliphatic heterocycles. The van der Waals surface area contributed by atoms with Crippen molar-refractivity contribution in [1.29, 1.82) is 0 Å². The van der Waals surface area contributed by atoms with Crippen LogP contribution in [0.3, 0.4) is 0 Å². The van der Waals surface area contributed by atoms with Crippen molar-refractivity contribution in [3.63, 3.8) is 0 Å². The lowest BCUT2D eigenvalue weighted by Crippen LogP contribution is -2.32. The van der Waals surface area contributed by atoms with Gasteiger partial charge in [0.15, 0.2) is 23.3 Å². The summed E-state index contributed by atoms with van der Waals surface area (Å²) in [6, 6.07) is 4.09. The molecule has 3 heterocycles. The number of hydrogen-bond donors (Lipinski definition) is 2. The summed E-state index contributed by atoms with van der Waals surface area (Å²) < 4.78 is 55.5. The molecule has 0 radical (unpaired) electrons. The van der Waals surface area contributed by atoms with Crippen molar-refractivity contribution < 1.29 is 17.6 Å². The number of fused-ring (bicyclic) bond motifs is 1. The number of benzene rings is 1. The van der Waals surface area contributed by atoms with Gasteiger partial charge in [-0.15, -0.1) is 12.6 Å². The van der Waals surface area contributed by atoms with Gasteiger partial charge in [-0.2, -0.15) is 0 Å². The van der Waals surface area contributed by atoms with Crippen LogP contribution in [-0.4, -0.2) is 21.9 Å². The van der Waals surface area contributed by atoms with Gasteiger partial charge in [-0.05, 0) is 37.0 Å². The minimum atomic E-state index is -1.37. The first-order chi connectivity index (χ1) is 13.0. The summed E-state index contributed by atoms with van der Waals surface area (Å²) in [5.74, 6) is -6.05. The Balaban J connectivity index is 1.60. The van der Waals surface area contributed by atoms with Gasteiger partial charge in [-0.3, -0.25) is 4.98 Å². The maximum atomic E-state index is 14.2. The molecule has 1 N–H and O–H groups in total. The second-order valence-corrected chi connectivity index (χ2v) is 7.22. The normalized spacial score (nSPS) is 21.6. The molecule has 142 valence electrons. The molecule has 2 aliphatic rings. The van der Waals surface area contributed by atoms with Crippen LogP contribution in [0, 0.1) is 23.3 Å². The molecule has 1 fully saturated rings. The Kier molecular flexibility index (Phi) is 4.75. The van der Waals surface area contributed by atoms with E-state index in [9.17, 15) is 17.6 Å². The van der Waals surface area contributed by atoms with Gasteiger partial charge in [0.2, 0.25) is 0 Å². The van der Waals surface area contributed by atoms with Gasteiger partial charge in [-0.25, -0.2) is 17.6 Å². The Bertz CT molecular complexity index is 877. The van der Waals surface area contributed by atoms with Crippen molar-refractivity contribution in [3.05, 3.63) is 76.4 Å². The molecule has 0 spiro atoms. The van der Waals surface area contributed by atoms with Gasteiger partial charge in [0, 0.05) is 47.9 Å². The van der Waals surface area contributed by atoms with Gasteiger partial charge >= 0.3 is 0 Å². The van der Waals surface area contributed by atoms with E-state index >= 15 is 0 Å². The first-order valence-electron chi connectivity index (χ1n) is 8.60. The lowest BCUT2D eigenvalue weighted by atomic mass is 9.95. The Morgan fingerprint density at radius 1 is 1.07 bits per heavy atom. The highest BCUT2D eigenvalue weighted by Gasteiger charge is 2.40. The Hall–Kier alpha value is -2.22. The summed E-state index contributed by atoms with van der Waals surface area (Å²) in [7, 11) is 0. The van der Waals surface area contributed by atoms with Crippen LogP contribution in [0.2, 0.25) is 0 Å². The fourth-order valence-corrected chi connectivity index (χ4v) is 4.19. The second-order valence-electron chi connectivity index (χ2n) is 6.73. The van der Waals surface area contributed by atoms with E-state index in [2.05, 4.69) is 22.9 Å². The number of nitrogens with one attached hydrogen (secondary N) is 1. The molecule has 0 bridgehead atoms. The van der Waals surface area contributed by atoms with Crippen molar-refractivity contribution >= 4 is 12.6 Å². The molecule has 4 rings (SSSR count). The van der Waals surface area contributed by atoms with E-state index in [0.717, 1.165) is 23.4 Å². The number of pyridine rings is 1. The van der Waals surface area contributed by atoms with Gasteiger partial charge in [0.1, 0.15) is 5.50 Å².